The van der Waals surface area contributed by atoms with Gasteiger partial charge in [0.2, 0.25) is 0 Å². The largest absolute Gasteiger partial charge is 0.396 e. The number of fused-ring (bicyclic) bond motifs is 1. The second kappa shape index (κ2) is 5.80. The van der Waals surface area contributed by atoms with Crippen LogP contribution in [0.2, 0.25) is 0 Å². The highest BCUT2D eigenvalue weighted by atomic mass is 16.1. The highest BCUT2D eigenvalue weighted by Crippen LogP contribution is 2.29. The number of rotatable bonds is 4. The number of hydrogen-bond acceptors (Lipinski definition) is 5. The van der Waals surface area contributed by atoms with Crippen molar-refractivity contribution < 1.29 is 4.79 Å². The van der Waals surface area contributed by atoms with E-state index in [2.05, 4.69) is 25.7 Å². The maximum Gasteiger partial charge on any atom is 0.273 e. The summed E-state index contributed by atoms with van der Waals surface area (Å²) < 4.78 is 0. The Kier molecular flexibility index (Phi) is 3.69. The van der Waals surface area contributed by atoms with E-state index in [4.69, 9.17) is 5.73 Å². The topological polar surface area (TPSA) is 110 Å². The molecular formula is C15H16N6O. The fraction of sp³-hybridized carbons (Fsp3) is 0.200. The Morgan fingerprint density at radius 1 is 1.36 bits per heavy atom. The Hall–Kier alpha value is -2.96. The van der Waals surface area contributed by atoms with Gasteiger partial charge in [-0.25, -0.2) is 0 Å². The van der Waals surface area contributed by atoms with Crippen LogP contribution in [0.15, 0.2) is 30.6 Å². The molecule has 2 heterocycles. The van der Waals surface area contributed by atoms with E-state index in [1.165, 1.54) is 0 Å². The van der Waals surface area contributed by atoms with Crippen LogP contribution in [-0.2, 0) is 0 Å². The number of aromatic amines is 1. The number of anilines is 1. The van der Waals surface area contributed by atoms with Gasteiger partial charge in [-0.15, -0.1) is 10.2 Å². The Morgan fingerprint density at radius 3 is 2.95 bits per heavy atom. The minimum Gasteiger partial charge on any atom is -0.396 e. The molecule has 4 N–H and O–H groups in total. The zero-order valence-corrected chi connectivity index (χ0v) is 12.1. The summed E-state index contributed by atoms with van der Waals surface area (Å²) >= 11 is 0. The average Bonchev–Trinajstić information content (AvgIpc) is 3.07. The van der Waals surface area contributed by atoms with Gasteiger partial charge in [0.1, 0.15) is 5.52 Å². The molecule has 112 valence electrons. The maximum atomic E-state index is 12.1. The molecule has 7 heteroatoms. The maximum absolute atomic E-state index is 12.1. The highest BCUT2D eigenvalue weighted by Gasteiger charge is 2.17. The van der Waals surface area contributed by atoms with Crippen molar-refractivity contribution in [2.45, 2.75) is 13.3 Å². The zero-order chi connectivity index (χ0) is 15.5. The monoisotopic (exact) mass is 296 g/mol. The molecule has 2 aromatic heterocycles. The number of hydrogen-bond donors (Lipinski definition) is 3. The summed E-state index contributed by atoms with van der Waals surface area (Å²) in [4.78, 5) is 12.1. The first-order valence-corrected chi connectivity index (χ1v) is 7.04. The van der Waals surface area contributed by atoms with Crippen molar-refractivity contribution in [1.29, 1.82) is 0 Å². The predicted molar refractivity (Wildman–Crippen MR) is 84.2 cm³/mol. The van der Waals surface area contributed by atoms with Gasteiger partial charge in [-0.05, 0) is 6.42 Å². The third-order valence-electron chi connectivity index (χ3n) is 3.39. The molecule has 0 spiro atoms. The summed E-state index contributed by atoms with van der Waals surface area (Å²) in [6.07, 6.45) is 4.32. The van der Waals surface area contributed by atoms with E-state index in [0.717, 1.165) is 17.5 Å². The number of nitrogens with two attached hydrogens (primary N) is 1. The summed E-state index contributed by atoms with van der Waals surface area (Å²) in [5.74, 6) is -0.303. The van der Waals surface area contributed by atoms with Gasteiger partial charge in [-0.2, -0.15) is 5.10 Å². The smallest absolute Gasteiger partial charge is 0.273 e. The normalized spacial score (nSPS) is 10.8. The summed E-state index contributed by atoms with van der Waals surface area (Å²) in [7, 11) is 0. The second-order valence-corrected chi connectivity index (χ2v) is 4.91. The molecule has 0 aliphatic carbocycles. The van der Waals surface area contributed by atoms with Crippen molar-refractivity contribution in [2.24, 2.45) is 0 Å². The third kappa shape index (κ3) is 2.37. The van der Waals surface area contributed by atoms with Crippen molar-refractivity contribution in [1.82, 2.24) is 25.7 Å². The van der Waals surface area contributed by atoms with Gasteiger partial charge in [-0.3, -0.25) is 9.89 Å². The Morgan fingerprint density at radius 2 is 2.23 bits per heavy atom. The van der Waals surface area contributed by atoms with Crippen LogP contribution in [0, 0.1) is 0 Å². The Bertz CT molecular complexity index is 812. The summed E-state index contributed by atoms with van der Waals surface area (Å²) in [5.41, 5.74) is 9.03. The molecule has 0 aliphatic rings. The van der Waals surface area contributed by atoms with Crippen molar-refractivity contribution in [3.63, 3.8) is 0 Å². The van der Waals surface area contributed by atoms with Crippen LogP contribution in [0.5, 0.6) is 0 Å². The molecule has 0 aliphatic heterocycles. The summed E-state index contributed by atoms with van der Waals surface area (Å²) in [6, 6.07) is 5.62. The number of carbonyl (C=O) groups excluding carboxylic acids is 1. The molecule has 3 rings (SSSR count). The lowest BCUT2D eigenvalue weighted by Gasteiger charge is -2.09. The quantitative estimate of drug-likeness (QED) is 0.679. The average molecular weight is 296 g/mol. The lowest BCUT2D eigenvalue weighted by Crippen LogP contribution is -2.26. The number of nitrogen functional groups attached to an aromatic ring is 1. The summed E-state index contributed by atoms with van der Waals surface area (Å²) in [6.45, 7) is 2.56. The number of benzene rings is 1. The number of carbonyl (C=O) groups is 1. The van der Waals surface area contributed by atoms with Crippen LogP contribution in [0.1, 0.15) is 23.8 Å². The Balaban J connectivity index is 2.11. The molecule has 0 atom stereocenters. The minimum atomic E-state index is -0.303. The van der Waals surface area contributed by atoms with Crippen LogP contribution >= 0.6 is 0 Å². The van der Waals surface area contributed by atoms with Gasteiger partial charge in [0, 0.05) is 29.3 Å². The molecule has 0 saturated carbocycles. The van der Waals surface area contributed by atoms with E-state index in [9.17, 15) is 4.79 Å². The fourth-order valence-corrected chi connectivity index (χ4v) is 2.27. The molecular weight excluding hydrogens is 280 g/mol. The van der Waals surface area contributed by atoms with Gasteiger partial charge in [-0.1, -0.05) is 25.1 Å². The van der Waals surface area contributed by atoms with Gasteiger partial charge in [0.15, 0.2) is 5.69 Å². The number of aromatic nitrogens is 4. The standard InChI is InChI=1S/C15H16N6O/c1-2-6-17-15(22)14-12(16)11-5-3-4-10(13(11)20-21-14)9-7-18-19-8-9/h3-5,7-8H,2,6H2,1H3,(H2,16,20)(H,17,22)(H,18,19). The predicted octanol–water partition coefficient (Wildman–Crippen LogP) is 1.74. The first-order valence-electron chi connectivity index (χ1n) is 7.04. The van der Waals surface area contributed by atoms with Crippen molar-refractivity contribution >= 4 is 22.5 Å². The van der Waals surface area contributed by atoms with Crippen molar-refractivity contribution in [2.75, 3.05) is 12.3 Å². The second-order valence-electron chi connectivity index (χ2n) is 4.91. The fourth-order valence-electron chi connectivity index (χ4n) is 2.27. The number of H-pyrrole nitrogens is 1. The summed E-state index contributed by atoms with van der Waals surface area (Å²) in [5, 5.41) is 18.4. The molecule has 0 unspecified atom stereocenters. The van der Waals surface area contributed by atoms with Crippen molar-refractivity contribution in [3.05, 3.63) is 36.3 Å². The number of amides is 1. The molecule has 0 bridgehead atoms. The molecule has 0 saturated heterocycles. The van der Waals surface area contributed by atoms with Crippen LogP contribution < -0.4 is 11.1 Å². The van der Waals surface area contributed by atoms with Gasteiger partial charge in [0.25, 0.3) is 5.91 Å². The van der Waals surface area contributed by atoms with Crippen LogP contribution in [0.4, 0.5) is 5.69 Å². The molecule has 3 aromatic rings. The number of nitrogens with one attached hydrogen (secondary N) is 2. The van der Waals surface area contributed by atoms with Gasteiger partial charge >= 0.3 is 0 Å². The van der Waals surface area contributed by atoms with E-state index < -0.39 is 0 Å². The van der Waals surface area contributed by atoms with E-state index in [-0.39, 0.29) is 11.6 Å². The van der Waals surface area contributed by atoms with E-state index in [1.807, 2.05) is 25.1 Å². The SMILES string of the molecule is CCCNC(=O)c1nnc2c(-c3cn[nH]c3)cccc2c1N. The Labute approximate surface area is 126 Å². The first-order chi connectivity index (χ1) is 10.7. The highest BCUT2D eigenvalue weighted by molar-refractivity contribution is 6.07. The van der Waals surface area contributed by atoms with E-state index in [0.29, 0.717) is 23.1 Å². The van der Waals surface area contributed by atoms with Gasteiger partial charge < -0.3 is 11.1 Å². The lowest BCUT2D eigenvalue weighted by atomic mass is 10.0. The zero-order valence-electron chi connectivity index (χ0n) is 12.1. The lowest BCUT2D eigenvalue weighted by molar-refractivity contribution is 0.0949. The number of nitrogens with zero attached hydrogens (tertiary/aromatic N) is 3. The first kappa shape index (κ1) is 14.0. The molecule has 1 aromatic carbocycles. The molecule has 7 nitrogen and oxygen atoms in total. The van der Waals surface area contributed by atoms with E-state index >= 15 is 0 Å². The molecule has 22 heavy (non-hydrogen) atoms. The van der Waals surface area contributed by atoms with E-state index in [1.54, 1.807) is 12.4 Å². The van der Waals surface area contributed by atoms with Crippen molar-refractivity contribution in [3.8, 4) is 11.1 Å². The molecule has 0 radical (unpaired) electrons. The van der Waals surface area contributed by atoms with Crippen LogP contribution in [0.3, 0.4) is 0 Å². The van der Waals surface area contributed by atoms with Gasteiger partial charge in [0.05, 0.1) is 11.9 Å². The third-order valence-corrected chi connectivity index (χ3v) is 3.39. The van der Waals surface area contributed by atoms with Crippen LogP contribution in [-0.4, -0.2) is 32.8 Å². The van der Waals surface area contributed by atoms with Crippen LogP contribution in [0.25, 0.3) is 22.0 Å². The molecule has 1 amide bonds. The minimum absolute atomic E-state index is 0.158. The molecule has 0 fully saturated rings.